The van der Waals surface area contributed by atoms with Crippen LogP contribution in [-0.2, 0) is 4.79 Å². The van der Waals surface area contributed by atoms with Crippen LogP contribution in [0.15, 0.2) is 18.2 Å². The second kappa shape index (κ2) is 5.92. The lowest BCUT2D eigenvalue weighted by atomic mass is 10.3. The molecule has 6 nitrogen and oxygen atoms in total. The first-order valence-corrected chi connectivity index (χ1v) is 4.80. The van der Waals surface area contributed by atoms with Gasteiger partial charge in [0.05, 0.1) is 6.61 Å². The van der Waals surface area contributed by atoms with Crippen molar-refractivity contribution in [2.75, 3.05) is 11.9 Å². The van der Waals surface area contributed by atoms with Crippen LogP contribution in [-0.4, -0.2) is 34.9 Å². The van der Waals surface area contributed by atoms with Crippen molar-refractivity contribution in [3.05, 3.63) is 29.8 Å². The van der Waals surface area contributed by atoms with Gasteiger partial charge in [0.25, 0.3) is 0 Å². The summed E-state index contributed by atoms with van der Waals surface area (Å²) >= 11 is 0. The lowest BCUT2D eigenvalue weighted by Gasteiger charge is -2.12. The van der Waals surface area contributed by atoms with E-state index in [1.54, 1.807) is 0 Å². The van der Waals surface area contributed by atoms with E-state index in [4.69, 9.17) is 10.2 Å². The van der Waals surface area contributed by atoms with Crippen molar-refractivity contribution in [2.45, 2.75) is 6.04 Å². The highest BCUT2D eigenvalue weighted by atomic mass is 19.2. The van der Waals surface area contributed by atoms with Crippen molar-refractivity contribution in [1.82, 2.24) is 5.32 Å². The van der Waals surface area contributed by atoms with Crippen molar-refractivity contribution in [3.8, 4) is 0 Å². The summed E-state index contributed by atoms with van der Waals surface area (Å²) in [5.41, 5.74) is -0.0477. The first-order chi connectivity index (χ1) is 8.43. The van der Waals surface area contributed by atoms with E-state index in [2.05, 4.69) is 5.32 Å². The zero-order valence-electron chi connectivity index (χ0n) is 8.98. The Morgan fingerprint density at radius 2 is 1.94 bits per heavy atom. The molecule has 8 heteroatoms. The molecule has 1 aromatic carbocycles. The quantitative estimate of drug-likeness (QED) is 0.634. The van der Waals surface area contributed by atoms with Gasteiger partial charge >= 0.3 is 12.0 Å². The van der Waals surface area contributed by atoms with Crippen LogP contribution < -0.4 is 10.6 Å². The van der Waals surface area contributed by atoms with Crippen LogP contribution in [0.5, 0.6) is 0 Å². The number of halogens is 2. The molecule has 0 aliphatic carbocycles. The molecule has 1 atom stereocenters. The number of carboxylic acids is 1. The lowest BCUT2D eigenvalue weighted by Crippen LogP contribution is -2.45. The van der Waals surface area contributed by atoms with Crippen LogP contribution in [0.2, 0.25) is 0 Å². The lowest BCUT2D eigenvalue weighted by molar-refractivity contribution is -0.140. The molecule has 18 heavy (non-hydrogen) atoms. The average molecular weight is 260 g/mol. The summed E-state index contributed by atoms with van der Waals surface area (Å²) in [7, 11) is 0. The van der Waals surface area contributed by atoms with Gasteiger partial charge in [-0.3, -0.25) is 0 Å². The number of hydrogen-bond acceptors (Lipinski definition) is 3. The number of carbonyl (C=O) groups is 2. The van der Waals surface area contributed by atoms with Crippen LogP contribution in [0.25, 0.3) is 0 Å². The molecule has 0 aliphatic heterocycles. The van der Waals surface area contributed by atoms with Crippen LogP contribution >= 0.6 is 0 Å². The number of carbonyl (C=O) groups excluding carboxylic acids is 1. The van der Waals surface area contributed by atoms with E-state index in [0.717, 1.165) is 18.2 Å². The van der Waals surface area contributed by atoms with Gasteiger partial charge in [-0.25, -0.2) is 18.4 Å². The van der Waals surface area contributed by atoms with Crippen LogP contribution in [0.3, 0.4) is 0 Å². The van der Waals surface area contributed by atoms with Crippen LogP contribution in [0.1, 0.15) is 0 Å². The minimum Gasteiger partial charge on any atom is -0.480 e. The van der Waals surface area contributed by atoms with Crippen molar-refractivity contribution in [3.63, 3.8) is 0 Å². The minimum absolute atomic E-state index is 0.0477. The summed E-state index contributed by atoms with van der Waals surface area (Å²) in [4.78, 5) is 21.8. The average Bonchev–Trinajstić information content (AvgIpc) is 2.30. The van der Waals surface area contributed by atoms with Gasteiger partial charge in [-0.2, -0.15) is 0 Å². The molecule has 0 heterocycles. The van der Waals surface area contributed by atoms with Gasteiger partial charge in [0.1, 0.15) is 0 Å². The molecule has 1 aromatic rings. The number of rotatable bonds is 4. The molecule has 0 fully saturated rings. The number of benzene rings is 1. The molecule has 0 aliphatic rings. The normalized spacial score (nSPS) is 11.7. The third-order valence-electron chi connectivity index (χ3n) is 1.96. The number of aliphatic hydroxyl groups is 1. The van der Waals surface area contributed by atoms with E-state index >= 15 is 0 Å². The summed E-state index contributed by atoms with van der Waals surface area (Å²) in [6.45, 7) is -0.791. The molecular formula is C10H10F2N2O4. The predicted octanol–water partition coefficient (Wildman–Crippen LogP) is 0.532. The maximum atomic E-state index is 12.8. The van der Waals surface area contributed by atoms with Crippen molar-refractivity contribution in [1.29, 1.82) is 0 Å². The van der Waals surface area contributed by atoms with Gasteiger partial charge in [0.2, 0.25) is 0 Å². The first kappa shape index (κ1) is 13.8. The minimum atomic E-state index is -1.48. The van der Waals surface area contributed by atoms with Crippen molar-refractivity contribution in [2.24, 2.45) is 0 Å². The number of hydrogen-bond donors (Lipinski definition) is 4. The fourth-order valence-electron chi connectivity index (χ4n) is 1.08. The second-order valence-electron chi connectivity index (χ2n) is 3.30. The predicted molar refractivity (Wildman–Crippen MR) is 57.0 cm³/mol. The Labute approximate surface area is 100 Å². The van der Waals surface area contributed by atoms with Crippen molar-refractivity contribution >= 4 is 17.7 Å². The maximum Gasteiger partial charge on any atom is 0.328 e. The molecular weight excluding hydrogens is 250 g/mol. The molecule has 98 valence electrons. The van der Waals surface area contributed by atoms with Gasteiger partial charge in [-0.05, 0) is 12.1 Å². The van der Waals surface area contributed by atoms with Crippen molar-refractivity contribution < 1.29 is 28.6 Å². The second-order valence-corrected chi connectivity index (χ2v) is 3.30. The SMILES string of the molecule is O=C(Nc1ccc(F)c(F)c1)NC(CO)C(=O)O. The molecule has 2 amide bonds. The summed E-state index contributed by atoms with van der Waals surface area (Å²) < 4.78 is 25.4. The number of carboxylic acid groups (broad SMARTS) is 1. The molecule has 0 spiro atoms. The van der Waals surface area contributed by atoms with Gasteiger partial charge in [0.15, 0.2) is 17.7 Å². The maximum absolute atomic E-state index is 12.8. The van der Waals surface area contributed by atoms with Crippen LogP contribution in [0.4, 0.5) is 19.3 Å². The smallest absolute Gasteiger partial charge is 0.328 e. The Morgan fingerprint density at radius 3 is 2.44 bits per heavy atom. The van der Waals surface area contributed by atoms with Gasteiger partial charge < -0.3 is 20.8 Å². The van der Waals surface area contributed by atoms with E-state index < -0.39 is 36.3 Å². The van der Waals surface area contributed by atoms with Crippen LogP contribution in [0, 0.1) is 11.6 Å². The van der Waals surface area contributed by atoms with E-state index in [-0.39, 0.29) is 5.69 Å². The fraction of sp³-hybridized carbons (Fsp3) is 0.200. The van der Waals surface area contributed by atoms with E-state index in [1.165, 1.54) is 0 Å². The van der Waals surface area contributed by atoms with E-state index in [0.29, 0.717) is 0 Å². The summed E-state index contributed by atoms with van der Waals surface area (Å²) in [5, 5.41) is 21.2. The molecule has 1 unspecified atom stereocenters. The summed E-state index contributed by atoms with van der Waals surface area (Å²) in [5.74, 6) is -3.64. The number of nitrogens with one attached hydrogen (secondary N) is 2. The van der Waals surface area contributed by atoms with Gasteiger partial charge in [0, 0.05) is 11.8 Å². The molecule has 1 rings (SSSR count). The highest BCUT2D eigenvalue weighted by Gasteiger charge is 2.18. The van der Waals surface area contributed by atoms with E-state index in [9.17, 15) is 18.4 Å². The van der Waals surface area contributed by atoms with Gasteiger partial charge in [-0.1, -0.05) is 0 Å². The Kier molecular flexibility index (Phi) is 4.55. The fourth-order valence-corrected chi connectivity index (χ4v) is 1.08. The summed E-state index contributed by atoms with van der Waals surface area (Å²) in [6, 6.07) is 0.222. The molecule has 0 saturated heterocycles. The van der Waals surface area contributed by atoms with E-state index in [1.807, 2.05) is 5.32 Å². The molecule has 4 N–H and O–H groups in total. The number of anilines is 1. The molecule has 0 bridgehead atoms. The molecule has 0 aromatic heterocycles. The number of urea groups is 1. The highest BCUT2D eigenvalue weighted by molar-refractivity contribution is 5.92. The molecule has 0 saturated carbocycles. The Balaban J connectivity index is 2.64. The number of amides is 2. The standard InChI is InChI=1S/C10H10F2N2O4/c11-6-2-1-5(3-7(6)12)13-10(18)14-8(4-15)9(16)17/h1-3,8,15H,4H2,(H,16,17)(H2,13,14,18). The van der Waals surface area contributed by atoms with Gasteiger partial charge in [-0.15, -0.1) is 0 Å². The Bertz CT molecular complexity index is 467. The third-order valence-corrected chi connectivity index (χ3v) is 1.96. The topological polar surface area (TPSA) is 98.7 Å². The first-order valence-electron chi connectivity index (χ1n) is 4.80. The number of aliphatic carboxylic acids is 1. The largest absolute Gasteiger partial charge is 0.480 e. The number of aliphatic hydroxyl groups excluding tert-OH is 1. The molecule has 0 radical (unpaired) electrons. The highest BCUT2D eigenvalue weighted by Crippen LogP contribution is 2.12. The Hall–Kier alpha value is -2.22. The zero-order valence-corrected chi connectivity index (χ0v) is 8.98. The zero-order chi connectivity index (χ0) is 13.7. The monoisotopic (exact) mass is 260 g/mol. The summed E-state index contributed by atoms with van der Waals surface area (Å²) in [6.07, 6.45) is 0. The third kappa shape index (κ3) is 3.67. The Morgan fingerprint density at radius 1 is 1.28 bits per heavy atom.